The summed E-state index contributed by atoms with van der Waals surface area (Å²) in [5.41, 5.74) is 0. The minimum atomic E-state index is -0.240. The third kappa shape index (κ3) is 2.62. The first-order valence-corrected chi connectivity index (χ1v) is 7.68. The van der Waals surface area contributed by atoms with Gasteiger partial charge in [-0.05, 0) is 31.2 Å². The minimum absolute atomic E-state index is 0.240. The van der Waals surface area contributed by atoms with Crippen molar-refractivity contribution in [2.24, 2.45) is 0 Å². The summed E-state index contributed by atoms with van der Waals surface area (Å²) in [6.45, 7) is 2.04. The second-order valence-electron chi connectivity index (χ2n) is 4.24. The van der Waals surface area contributed by atoms with Crippen molar-refractivity contribution >= 4 is 39.3 Å². The van der Waals surface area contributed by atoms with E-state index in [2.05, 4.69) is 21.4 Å². The normalized spacial score (nSPS) is 10.9. The SMILES string of the molecule is CNc1nc(Sc2cccc(F)c2)c2cc(C)sc2n1. The minimum Gasteiger partial charge on any atom is -0.357 e. The van der Waals surface area contributed by atoms with E-state index < -0.39 is 0 Å². The number of halogens is 1. The Morgan fingerprint density at radius 2 is 2.10 bits per heavy atom. The van der Waals surface area contributed by atoms with Gasteiger partial charge in [-0.15, -0.1) is 11.3 Å². The molecule has 0 aliphatic rings. The van der Waals surface area contributed by atoms with E-state index in [9.17, 15) is 4.39 Å². The summed E-state index contributed by atoms with van der Waals surface area (Å²) < 4.78 is 13.3. The van der Waals surface area contributed by atoms with Gasteiger partial charge in [-0.3, -0.25) is 0 Å². The fourth-order valence-corrected chi connectivity index (χ4v) is 3.73. The number of fused-ring (bicyclic) bond motifs is 1. The molecule has 0 unspecified atom stereocenters. The molecule has 2 heterocycles. The highest BCUT2D eigenvalue weighted by Crippen LogP contribution is 2.35. The Kier molecular flexibility index (Phi) is 3.58. The summed E-state index contributed by atoms with van der Waals surface area (Å²) in [6.07, 6.45) is 0. The second-order valence-corrected chi connectivity index (χ2v) is 6.53. The number of nitrogens with one attached hydrogen (secondary N) is 1. The van der Waals surface area contributed by atoms with Gasteiger partial charge >= 0.3 is 0 Å². The molecule has 0 aliphatic carbocycles. The molecule has 0 amide bonds. The molecule has 0 radical (unpaired) electrons. The van der Waals surface area contributed by atoms with Crippen molar-refractivity contribution in [1.82, 2.24) is 9.97 Å². The maximum Gasteiger partial charge on any atom is 0.224 e. The molecule has 2 aromatic heterocycles. The van der Waals surface area contributed by atoms with E-state index in [1.807, 2.05) is 13.0 Å². The molecule has 1 N–H and O–H groups in total. The summed E-state index contributed by atoms with van der Waals surface area (Å²) in [7, 11) is 1.79. The van der Waals surface area contributed by atoms with Gasteiger partial charge in [0.15, 0.2) is 0 Å². The third-order valence-electron chi connectivity index (χ3n) is 2.72. The van der Waals surface area contributed by atoms with Crippen molar-refractivity contribution in [2.45, 2.75) is 16.8 Å². The summed E-state index contributed by atoms with van der Waals surface area (Å²) in [4.78, 5) is 11.9. The van der Waals surface area contributed by atoms with Gasteiger partial charge < -0.3 is 5.32 Å². The molecule has 0 spiro atoms. The molecule has 0 fully saturated rings. The maximum absolute atomic E-state index is 13.3. The number of benzene rings is 1. The number of rotatable bonds is 3. The Labute approximate surface area is 124 Å². The largest absolute Gasteiger partial charge is 0.357 e. The lowest BCUT2D eigenvalue weighted by molar-refractivity contribution is 0.624. The predicted molar refractivity (Wildman–Crippen MR) is 82.2 cm³/mol. The molecular weight excluding hydrogens is 293 g/mol. The van der Waals surface area contributed by atoms with Gasteiger partial charge in [0.05, 0.1) is 0 Å². The van der Waals surface area contributed by atoms with E-state index in [1.54, 1.807) is 24.5 Å². The molecule has 0 bridgehead atoms. The van der Waals surface area contributed by atoms with Crippen LogP contribution in [-0.2, 0) is 0 Å². The van der Waals surface area contributed by atoms with Crippen LogP contribution in [0.3, 0.4) is 0 Å². The summed E-state index contributed by atoms with van der Waals surface area (Å²) in [5.74, 6) is 0.342. The summed E-state index contributed by atoms with van der Waals surface area (Å²) >= 11 is 3.08. The number of nitrogens with zero attached hydrogens (tertiary/aromatic N) is 2. The number of aromatic nitrogens is 2. The van der Waals surface area contributed by atoms with Crippen LogP contribution < -0.4 is 5.32 Å². The number of anilines is 1. The maximum atomic E-state index is 13.3. The van der Waals surface area contributed by atoms with Crippen molar-refractivity contribution < 1.29 is 4.39 Å². The van der Waals surface area contributed by atoms with Crippen molar-refractivity contribution in [3.8, 4) is 0 Å². The van der Waals surface area contributed by atoms with Gasteiger partial charge in [0.1, 0.15) is 15.7 Å². The molecule has 0 saturated heterocycles. The van der Waals surface area contributed by atoms with Gasteiger partial charge in [-0.1, -0.05) is 17.8 Å². The molecular formula is C14H12FN3S2. The molecule has 20 heavy (non-hydrogen) atoms. The lowest BCUT2D eigenvalue weighted by atomic mass is 10.3. The molecule has 0 aliphatic heterocycles. The Bertz CT molecular complexity index is 770. The Balaban J connectivity index is 2.09. The van der Waals surface area contributed by atoms with Crippen LogP contribution in [0.1, 0.15) is 4.88 Å². The first kappa shape index (κ1) is 13.3. The van der Waals surface area contributed by atoms with E-state index in [-0.39, 0.29) is 5.82 Å². The highest BCUT2D eigenvalue weighted by Gasteiger charge is 2.11. The van der Waals surface area contributed by atoms with Gasteiger partial charge in [0.25, 0.3) is 0 Å². The Morgan fingerprint density at radius 1 is 1.25 bits per heavy atom. The van der Waals surface area contributed by atoms with E-state index in [4.69, 9.17) is 0 Å². The molecule has 3 rings (SSSR count). The highest BCUT2D eigenvalue weighted by molar-refractivity contribution is 7.99. The number of hydrogen-bond donors (Lipinski definition) is 1. The predicted octanol–water partition coefficient (Wildman–Crippen LogP) is 4.33. The van der Waals surface area contributed by atoms with Crippen LogP contribution in [0.15, 0.2) is 40.3 Å². The van der Waals surface area contributed by atoms with Crippen LogP contribution in [0.2, 0.25) is 0 Å². The van der Waals surface area contributed by atoms with Gasteiger partial charge in [-0.2, -0.15) is 0 Å². The molecule has 1 aromatic carbocycles. The van der Waals surface area contributed by atoms with Crippen LogP contribution in [0.4, 0.5) is 10.3 Å². The lowest BCUT2D eigenvalue weighted by Gasteiger charge is -2.05. The second kappa shape index (κ2) is 5.38. The molecule has 6 heteroatoms. The van der Waals surface area contributed by atoms with E-state index in [1.165, 1.54) is 28.8 Å². The summed E-state index contributed by atoms with van der Waals surface area (Å²) in [5, 5.41) is 4.82. The zero-order valence-electron chi connectivity index (χ0n) is 11.0. The standard InChI is InChI=1S/C14H12FN3S2/c1-8-6-11-12(19-8)17-14(16-2)18-13(11)20-10-5-3-4-9(15)7-10/h3-7H,1-2H3,(H,16,17,18). The van der Waals surface area contributed by atoms with Crippen LogP contribution in [0.5, 0.6) is 0 Å². The average Bonchev–Trinajstić information content (AvgIpc) is 2.79. The highest BCUT2D eigenvalue weighted by atomic mass is 32.2. The van der Waals surface area contributed by atoms with Crippen LogP contribution in [0.25, 0.3) is 10.2 Å². The van der Waals surface area contributed by atoms with Crippen molar-refractivity contribution in [1.29, 1.82) is 0 Å². The van der Waals surface area contributed by atoms with Gasteiger partial charge in [0, 0.05) is 22.2 Å². The molecule has 3 aromatic rings. The van der Waals surface area contributed by atoms with Gasteiger partial charge in [0.2, 0.25) is 5.95 Å². The fraction of sp³-hybridized carbons (Fsp3) is 0.143. The molecule has 3 nitrogen and oxygen atoms in total. The van der Waals surface area contributed by atoms with E-state index in [0.717, 1.165) is 20.1 Å². The molecule has 102 valence electrons. The molecule has 0 atom stereocenters. The lowest BCUT2D eigenvalue weighted by Crippen LogP contribution is -1.96. The van der Waals surface area contributed by atoms with E-state index >= 15 is 0 Å². The van der Waals surface area contributed by atoms with Crippen molar-refractivity contribution in [3.05, 3.63) is 41.0 Å². The first-order valence-electron chi connectivity index (χ1n) is 6.05. The van der Waals surface area contributed by atoms with Crippen molar-refractivity contribution in [3.63, 3.8) is 0 Å². The number of aryl methyl sites for hydroxylation is 1. The smallest absolute Gasteiger partial charge is 0.224 e. The monoisotopic (exact) mass is 305 g/mol. The van der Waals surface area contributed by atoms with E-state index in [0.29, 0.717) is 5.95 Å². The van der Waals surface area contributed by atoms with Crippen LogP contribution >= 0.6 is 23.1 Å². The summed E-state index contributed by atoms with van der Waals surface area (Å²) in [6, 6.07) is 8.60. The number of thiophene rings is 1. The zero-order valence-corrected chi connectivity index (χ0v) is 12.6. The molecule has 0 saturated carbocycles. The fourth-order valence-electron chi connectivity index (χ4n) is 1.85. The quantitative estimate of drug-likeness (QED) is 0.731. The first-order chi connectivity index (χ1) is 9.65. The third-order valence-corrected chi connectivity index (χ3v) is 4.65. The average molecular weight is 305 g/mol. The topological polar surface area (TPSA) is 37.8 Å². The zero-order chi connectivity index (χ0) is 14.1. The Morgan fingerprint density at radius 3 is 2.85 bits per heavy atom. The van der Waals surface area contributed by atoms with Gasteiger partial charge in [-0.25, -0.2) is 14.4 Å². The number of hydrogen-bond acceptors (Lipinski definition) is 5. The van der Waals surface area contributed by atoms with Crippen LogP contribution in [-0.4, -0.2) is 17.0 Å². The van der Waals surface area contributed by atoms with Crippen molar-refractivity contribution in [2.75, 3.05) is 12.4 Å². The Hall–Kier alpha value is -1.66. The van der Waals surface area contributed by atoms with Crippen LogP contribution in [0, 0.1) is 12.7 Å².